The van der Waals surface area contributed by atoms with E-state index < -0.39 is 0 Å². The molecule has 4 nitrogen and oxygen atoms in total. The zero-order valence-corrected chi connectivity index (χ0v) is 16.3. The minimum Gasteiger partial charge on any atom is -0.506 e. The van der Waals surface area contributed by atoms with Gasteiger partial charge in [0, 0.05) is 65.6 Å². The minimum atomic E-state index is 0.256. The van der Waals surface area contributed by atoms with Crippen molar-refractivity contribution in [2.45, 2.75) is 13.1 Å². The number of phenols is 1. The van der Waals surface area contributed by atoms with Gasteiger partial charge in [0.05, 0.1) is 0 Å². The van der Waals surface area contributed by atoms with Gasteiger partial charge in [-0.05, 0) is 39.7 Å². The fraction of sp³-hybridized carbons (Fsp3) is 0.316. The second-order valence-electron chi connectivity index (χ2n) is 6.43. The normalized spacial score (nSPS) is 16.5. The smallest absolute Gasteiger partial charge is 0.141 e. The van der Waals surface area contributed by atoms with Crippen LogP contribution in [0.4, 0.5) is 0 Å². The van der Waals surface area contributed by atoms with E-state index in [1.165, 1.54) is 14.9 Å². The highest BCUT2D eigenvalue weighted by Gasteiger charge is 2.18. The van der Waals surface area contributed by atoms with Crippen LogP contribution in [0.2, 0.25) is 0 Å². The Bertz CT molecular complexity index is 874. The minimum absolute atomic E-state index is 0.256. The van der Waals surface area contributed by atoms with E-state index in [0.29, 0.717) is 5.52 Å². The van der Waals surface area contributed by atoms with E-state index in [9.17, 15) is 5.11 Å². The summed E-state index contributed by atoms with van der Waals surface area (Å²) in [6.07, 6.45) is 1.73. The summed E-state index contributed by atoms with van der Waals surface area (Å²) in [6, 6.07) is 9.97. The number of hydrogen-bond acceptors (Lipinski definition) is 5. The second-order valence-corrected chi connectivity index (χ2v) is 8.34. The lowest BCUT2D eigenvalue weighted by atomic mass is 10.1. The van der Waals surface area contributed by atoms with Gasteiger partial charge in [-0.1, -0.05) is 12.1 Å². The third kappa shape index (κ3) is 3.87. The van der Waals surface area contributed by atoms with E-state index in [0.717, 1.165) is 44.7 Å². The number of phenolic OH excluding ortho intramolecular Hbond substituents is 1. The lowest BCUT2D eigenvalue weighted by molar-refractivity contribution is 0.123. The van der Waals surface area contributed by atoms with Crippen LogP contribution in [0.25, 0.3) is 10.9 Å². The molecule has 1 saturated heterocycles. The molecule has 0 atom stereocenters. The van der Waals surface area contributed by atoms with Crippen molar-refractivity contribution in [3.63, 3.8) is 0 Å². The van der Waals surface area contributed by atoms with Crippen LogP contribution in [-0.4, -0.2) is 46.1 Å². The predicted molar refractivity (Wildman–Crippen MR) is 106 cm³/mol. The zero-order chi connectivity index (χ0) is 17.2. The molecule has 3 heterocycles. The largest absolute Gasteiger partial charge is 0.506 e. The van der Waals surface area contributed by atoms with Crippen LogP contribution in [0.5, 0.6) is 5.75 Å². The van der Waals surface area contributed by atoms with Gasteiger partial charge >= 0.3 is 0 Å². The van der Waals surface area contributed by atoms with Gasteiger partial charge in [0.15, 0.2) is 0 Å². The molecular formula is C19H20BrN3OS. The molecule has 0 radical (unpaired) electrons. The fourth-order valence-corrected chi connectivity index (χ4v) is 4.85. The predicted octanol–water partition coefficient (Wildman–Crippen LogP) is 4.08. The second kappa shape index (κ2) is 7.41. The highest BCUT2D eigenvalue weighted by molar-refractivity contribution is 9.10. The van der Waals surface area contributed by atoms with Crippen molar-refractivity contribution >= 4 is 38.2 Å². The lowest BCUT2D eigenvalue weighted by Crippen LogP contribution is -2.45. The van der Waals surface area contributed by atoms with Gasteiger partial charge in [0.2, 0.25) is 0 Å². The monoisotopic (exact) mass is 417 g/mol. The molecule has 3 aromatic rings. The quantitative estimate of drug-likeness (QED) is 0.693. The Hall–Kier alpha value is -1.47. The molecule has 0 amide bonds. The highest BCUT2D eigenvalue weighted by atomic mass is 79.9. The Balaban J connectivity index is 1.40. The number of piperazine rings is 1. The number of thiophene rings is 1. The van der Waals surface area contributed by atoms with Crippen LogP contribution in [0.1, 0.15) is 10.4 Å². The molecule has 1 N–H and O–H groups in total. The molecule has 0 unspecified atom stereocenters. The van der Waals surface area contributed by atoms with E-state index in [2.05, 4.69) is 42.2 Å². The Morgan fingerprint density at radius 3 is 2.56 bits per heavy atom. The SMILES string of the molecule is Oc1ccc(CN2CCN(Cc3cc(Br)cs3)CC2)c2cccnc12. The molecule has 1 fully saturated rings. The highest BCUT2D eigenvalue weighted by Crippen LogP contribution is 2.27. The number of fused-ring (bicyclic) bond motifs is 1. The molecule has 0 aliphatic carbocycles. The van der Waals surface area contributed by atoms with Crippen LogP contribution >= 0.6 is 27.3 Å². The first-order valence-electron chi connectivity index (χ1n) is 8.42. The number of nitrogens with zero attached hydrogens (tertiary/aromatic N) is 3. The molecule has 130 valence electrons. The fourth-order valence-electron chi connectivity index (χ4n) is 3.36. The van der Waals surface area contributed by atoms with Crippen molar-refractivity contribution < 1.29 is 5.11 Å². The lowest BCUT2D eigenvalue weighted by Gasteiger charge is -2.34. The molecule has 1 aromatic carbocycles. The summed E-state index contributed by atoms with van der Waals surface area (Å²) < 4.78 is 1.18. The molecule has 0 saturated carbocycles. The molecule has 2 aromatic heterocycles. The standard InChI is InChI=1S/C19H20BrN3OS/c20-15-10-16(25-13-15)12-23-8-6-22(7-9-23)11-14-3-4-18(24)19-17(14)2-1-5-21-19/h1-5,10,13,24H,6-9,11-12H2. The first-order chi connectivity index (χ1) is 12.2. The van der Waals surface area contributed by atoms with Gasteiger partial charge in [0.1, 0.15) is 11.3 Å². The van der Waals surface area contributed by atoms with Crippen molar-refractivity contribution in [1.82, 2.24) is 14.8 Å². The van der Waals surface area contributed by atoms with E-state index in [-0.39, 0.29) is 5.75 Å². The Morgan fingerprint density at radius 1 is 1.08 bits per heavy atom. The summed E-state index contributed by atoms with van der Waals surface area (Å²) in [5.74, 6) is 0.256. The molecule has 4 rings (SSSR count). The van der Waals surface area contributed by atoms with Gasteiger partial charge in [0.25, 0.3) is 0 Å². The summed E-state index contributed by atoms with van der Waals surface area (Å²) in [6.45, 7) is 6.24. The molecule has 0 bridgehead atoms. The van der Waals surface area contributed by atoms with Gasteiger partial charge < -0.3 is 5.11 Å². The molecule has 6 heteroatoms. The topological polar surface area (TPSA) is 39.6 Å². The van der Waals surface area contributed by atoms with E-state index in [4.69, 9.17) is 0 Å². The van der Waals surface area contributed by atoms with Crippen molar-refractivity contribution in [2.24, 2.45) is 0 Å². The zero-order valence-electron chi connectivity index (χ0n) is 13.9. The Kier molecular flexibility index (Phi) is 5.03. The van der Waals surface area contributed by atoms with Crippen molar-refractivity contribution in [3.8, 4) is 5.75 Å². The van der Waals surface area contributed by atoms with Crippen LogP contribution < -0.4 is 0 Å². The van der Waals surface area contributed by atoms with Gasteiger partial charge in [-0.15, -0.1) is 11.3 Å². The Morgan fingerprint density at radius 2 is 1.84 bits per heavy atom. The summed E-state index contributed by atoms with van der Waals surface area (Å²) in [5.41, 5.74) is 1.93. The third-order valence-corrected chi connectivity index (χ3v) is 6.38. The van der Waals surface area contributed by atoms with Crippen LogP contribution in [0.15, 0.2) is 46.4 Å². The van der Waals surface area contributed by atoms with Crippen LogP contribution in [0, 0.1) is 0 Å². The number of halogens is 1. The average molecular weight is 418 g/mol. The number of pyridine rings is 1. The maximum atomic E-state index is 9.99. The molecule has 25 heavy (non-hydrogen) atoms. The van der Waals surface area contributed by atoms with Crippen molar-refractivity contribution in [1.29, 1.82) is 0 Å². The van der Waals surface area contributed by atoms with Gasteiger partial charge in [-0.3, -0.25) is 14.8 Å². The van der Waals surface area contributed by atoms with Crippen LogP contribution in [0.3, 0.4) is 0 Å². The Labute approximate surface area is 159 Å². The molecule has 1 aliphatic heterocycles. The maximum Gasteiger partial charge on any atom is 0.141 e. The number of aromatic hydroxyl groups is 1. The van der Waals surface area contributed by atoms with E-state index >= 15 is 0 Å². The average Bonchev–Trinajstić information content (AvgIpc) is 3.04. The molecular weight excluding hydrogens is 398 g/mol. The van der Waals surface area contributed by atoms with E-state index in [1.807, 2.05) is 29.5 Å². The van der Waals surface area contributed by atoms with Gasteiger partial charge in [-0.25, -0.2) is 0 Å². The third-order valence-electron chi connectivity index (χ3n) is 4.70. The molecule has 0 spiro atoms. The van der Waals surface area contributed by atoms with Crippen molar-refractivity contribution in [3.05, 3.63) is 56.8 Å². The van der Waals surface area contributed by atoms with Gasteiger partial charge in [-0.2, -0.15) is 0 Å². The number of aromatic nitrogens is 1. The summed E-state index contributed by atoms with van der Waals surface area (Å²) >= 11 is 5.35. The van der Waals surface area contributed by atoms with Crippen LogP contribution in [-0.2, 0) is 13.1 Å². The van der Waals surface area contributed by atoms with E-state index in [1.54, 1.807) is 12.3 Å². The number of rotatable bonds is 4. The summed E-state index contributed by atoms with van der Waals surface area (Å²) in [4.78, 5) is 10.7. The number of hydrogen-bond donors (Lipinski definition) is 1. The number of benzene rings is 1. The molecule has 1 aliphatic rings. The van der Waals surface area contributed by atoms with Crippen molar-refractivity contribution in [2.75, 3.05) is 26.2 Å². The first-order valence-corrected chi connectivity index (χ1v) is 10.1. The summed E-state index contributed by atoms with van der Waals surface area (Å²) in [7, 11) is 0. The maximum absolute atomic E-state index is 9.99. The summed E-state index contributed by atoms with van der Waals surface area (Å²) in [5, 5.41) is 13.2. The first kappa shape index (κ1) is 17.0.